The summed E-state index contributed by atoms with van der Waals surface area (Å²) in [7, 11) is 4.12. The summed E-state index contributed by atoms with van der Waals surface area (Å²) in [6, 6.07) is 12.5. The van der Waals surface area contributed by atoms with Crippen LogP contribution < -0.4 is 10.2 Å². The van der Waals surface area contributed by atoms with Crippen LogP contribution in [0.15, 0.2) is 47.5 Å². The third kappa shape index (κ3) is 5.72. The molecule has 2 N–H and O–H groups in total. The summed E-state index contributed by atoms with van der Waals surface area (Å²) in [4.78, 5) is 26.3. The molecule has 1 saturated carbocycles. The second-order valence-corrected chi connectivity index (χ2v) is 10.5. The molecule has 0 saturated heterocycles. The second kappa shape index (κ2) is 9.96. The topological polar surface area (TPSA) is 91.2 Å². The Kier molecular flexibility index (Phi) is 7.12. The maximum absolute atomic E-state index is 10.6. The van der Waals surface area contributed by atoms with Crippen LogP contribution >= 0.6 is 11.8 Å². The molecular weight excluding hydrogens is 491 g/mol. The van der Waals surface area contributed by atoms with E-state index in [4.69, 9.17) is 19.9 Å². The number of hydrogen-bond donors (Lipinski definition) is 2. The van der Waals surface area contributed by atoms with Crippen LogP contribution in [0, 0.1) is 6.92 Å². The van der Waals surface area contributed by atoms with Crippen LogP contribution in [-0.2, 0) is 11.2 Å². The van der Waals surface area contributed by atoms with Gasteiger partial charge in [0.2, 0.25) is 5.95 Å². The number of nitrogens with zero attached hydrogens (tertiary/aromatic N) is 4. The molecule has 1 spiro atoms. The summed E-state index contributed by atoms with van der Waals surface area (Å²) < 4.78 is 32.1. The molecule has 0 atom stereocenters. The minimum Gasteiger partial charge on any atom is -0.475 e. The van der Waals surface area contributed by atoms with E-state index in [9.17, 15) is 13.2 Å². The summed E-state index contributed by atoms with van der Waals surface area (Å²) in [6.07, 6.45) is 1.75. The largest absolute Gasteiger partial charge is 0.490 e. The molecule has 0 unspecified atom stereocenters. The number of anilines is 3. The first-order valence-corrected chi connectivity index (χ1v) is 12.1. The Morgan fingerprint density at radius 1 is 1.11 bits per heavy atom. The van der Waals surface area contributed by atoms with Gasteiger partial charge < -0.3 is 15.3 Å². The van der Waals surface area contributed by atoms with Crippen molar-refractivity contribution in [1.29, 1.82) is 0 Å². The van der Waals surface area contributed by atoms with Gasteiger partial charge >= 0.3 is 12.1 Å². The molecule has 1 fully saturated rings. The standard InChI is InChI=1S/C23H25N5S.C2HF3O2/c1-15-13-17(9-12-24-15)16-5-7-18(8-6-16)25-22-26-19-14-23(10-4-11-23)29-20(19)21(27-22)28(2)3;3-2(4,5)1(6)7/h5-9,12-13H,4,10-11,14H2,1-3H3,(H,25,26,27);(H,6,7). The quantitative estimate of drug-likeness (QED) is 0.445. The average Bonchev–Trinajstić information content (AvgIpc) is 3.19. The highest BCUT2D eigenvalue weighted by Gasteiger charge is 2.45. The van der Waals surface area contributed by atoms with Gasteiger partial charge in [0.05, 0.1) is 10.6 Å². The molecule has 5 rings (SSSR count). The highest BCUT2D eigenvalue weighted by atomic mass is 32.2. The second-order valence-electron chi connectivity index (χ2n) is 9.05. The fraction of sp³-hybridized carbons (Fsp3) is 0.360. The molecule has 2 aliphatic rings. The Morgan fingerprint density at radius 3 is 2.31 bits per heavy atom. The zero-order valence-electron chi connectivity index (χ0n) is 20.1. The molecule has 36 heavy (non-hydrogen) atoms. The van der Waals surface area contributed by atoms with Crippen LogP contribution in [0.3, 0.4) is 0 Å². The smallest absolute Gasteiger partial charge is 0.475 e. The summed E-state index contributed by atoms with van der Waals surface area (Å²) in [5.41, 5.74) is 5.56. The van der Waals surface area contributed by atoms with E-state index in [1.165, 1.54) is 41.0 Å². The predicted octanol–water partition coefficient (Wildman–Crippen LogP) is 5.86. The zero-order chi connectivity index (χ0) is 26.1. The van der Waals surface area contributed by atoms with E-state index >= 15 is 0 Å². The van der Waals surface area contributed by atoms with E-state index in [1.807, 2.05) is 30.9 Å². The average molecular weight is 518 g/mol. The van der Waals surface area contributed by atoms with Gasteiger partial charge in [0, 0.05) is 42.8 Å². The van der Waals surface area contributed by atoms with Gasteiger partial charge in [0.1, 0.15) is 5.82 Å². The summed E-state index contributed by atoms with van der Waals surface area (Å²) in [5, 5.41) is 10.5. The number of fused-ring (bicyclic) bond motifs is 1. The first kappa shape index (κ1) is 25.7. The summed E-state index contributed by atoms with van der Waals surface area (Å²) >= 11 is 2.00. The molecule has 1 aromatic carbocycles. The number of hydrogen-bond acceptors (Lipinski definition) is 7. The number of aryl methyl sites for hydroxylation is 1. The normalized spacial score (nSPS) is 15.4. The minimum absolute atomic E-state index is 0.380. The van der Waals surface area contributed by atoms with Gasteiger partial charge in [-0.15, -0.1) is 11.8 Å². The van der Waals surface area contributed by atoms with Crippen LogP contribution in [0.4, 0.5) is 30.6 Å². The molecule has 3 aromatic rings. The van der Waals surface area contributed by atoms with E-state index in [-0.39, 0.29) is 0 Å². The molecule has 0 radical (unpaired) electrons. The van der Waals surface area contributed by atoms with Gasteiger partial charge in [-0.3, -0.25) is 4.98 Å². The Balaban J connectivity index is 0.000000384. The lowest BCUT2D eigenvalue weighted by molar-refractivity contribution is -0.192. The Labute approximate surface area is 211 Å². The zero-order valence-corrected chi connectivity index (χ0v) is 20.9. The number of benzene rings is 1. The summed E-state index contributed by atoms with van der Waals surface area (Å²) in [6.45, 7) is 2.01. The molecule has 11 heteroatoms. The number of thioether (sulfide) groups is 1. The SMILES string of the molecule is Cc1cc(-c2ccc(Nc3nc4c(c(N(C)C)n3)SC3(CCC3)C4)cc2)ccn1.O=C(O)C(F)(F)F. The van der Waals surface area contributed by atoms with E-state index in [0.29, 0.717) is 10.7 Å². The molecule has 1 aliphatic heterocycles. The third-order valence-corrected chi connectivity index (χ3v) is 7.64. The number of nitrogens with one attached hydrogen (secondary N) is 1. The van der Waals surface area contributed by atoms with Crippen LogP contribution in [0.2, 0.25) is 0 Å². The molecule has 190 valence electrons. The highest BCUT2D eigenvalue weighted by Crippen LogP contribution is 2.57. The number of carboxylic acids is 1. The van der Waals surface area contributed by atoms with E-state index < -0.39 is 12.1 Å². The fourth-order valence-corrected chi connectivity index (χ4v) is 5.76. The monoisotopic (exact) mass is 517 g/mol. The number of alkyl halides is 3. The lowest BCUT2D eigenvalue weighted by atomic mass is 9.81. The number of aromatic nitrogens is 3. The van der Waals surface area contributed by atoms with Crippen molar-refractivity contribution in [2.45, 2.75) is 48.4 Å². The number of pyridine rings is 1. The van der Waals surface area contributed by atoms with E-state index in [1.54, 1.807) is 0 Å². The molecule has 3 heterocycles. The van der Waals surface area contributed by atoms with Crippen molar-refractivity contribution in [3.8, 4) is 11.1 Å². The van der Waals surface area contributed by atoms with Gasteiger partial charge in [0.15, 0.2) is 0 Å². The predicted molar refractivity (Wildman–Crippen MR) is 134 cm³/mol. The molecule has 0 bridgehead atoms. The molecular formula is C25H26F3N5O2S. The highest BCUT2D eigenvalue weighted by molar-refractivity contribution is 8.01. The Morgan fingerprint density at radius 2 is 1.78 bits per heavy atom. The van der Waals surface area contributed by atoms with Crippen LogP contribution in [-0.4, -0.2) is 51.0 Å². The Hall–Kier alpha value is -3.34. The van der Waals surface area contributed by atoms with Crippen LogP contribution in [0.5, 0.6) is 0 Å². The maximum atomic E-state index is 10.6. The summed E-state index contributed by atoms with van der Waals surface area (Å²) in [5.74, 6) is -1.06. The maximum Gasteiger partial charge on any atom is 0.490 e. The number of carboxylic acid groups (broad SMARTS) is 1. The van der Waals surface area contributed by atoms with Crippen molar-refractivity contribution >= 4 is 35.2 Å². The van der Waals surface area contributed by atoms with E-state index in [2.05, 4.69) is 59.6 Å². The molecule has 7 nitrogen and oxygen atoms in total. The van der Waals surface area contributed by atoms with Crippen LogP contribution in [0.25, 0.3) is 11.1 Å². The van der Waals surface area contributed by atoms with Gasteiger partial charge in [0.25, 0.3) is 0 Å². The lowest BCUT2D eigenvalue weighted by Crippen LogP contribution is -2.32. The fourth-order valence-electron chi connectivity index (χ4n) is 4.08. The van der Waals surface area contributed by atoms with Gasteiger partial charge in [-0.1, -0.05) is 18.6 Å². The van der Waals surface area contributed by atoms with Crippen LogP contribution in [0.1, 0.15) is 30.7 Å². The number of carbonyl (C=O) groups is 1. The third-order valence-electron chi connectivity index (χ3n) is 6.03. The van der Waals surface area contributed by atoms with Crippen molar-refractivity contribution in [3.63, 3.8) is 0 Å². The first-order valence-electron chi connectivity index (χ1n) is 11.3. The van der Waals surface area contributed by atoms with Crippen molar-refractivity contribution in [3.05, 3.63) is 54.0 Å². The molecule has 2 aromatic heterocycles. The van der Waals surface area contributed by atoms with Crippen molar-refractivity contribution in [2.75, 3.05) is 24.3 Å². The molecule has 0 amide bonds. The van der Waals surface area contributed by atoms with Gasteiger partial charge in [-0.05, 0) is 55.2 Å². The number of rotatable bonds is 4. The Bertz CT molecular complexity index is 1260. The first-order chi connectivity index (χ1) is 17.0. The lowest BCUT2D eigenvalue weighted by Gasteiger charge is -2.36. The number of aliphatic carboxylic acids is 1. The van der Waals surface area contributed by atoms with Gasteiger partial charge in [-0.2, -0.15) is 18.2 Å². The van der Waals surface area contributed by atoms with E-state index in [0.717, 1.165) is 23.6 Å². The van der Waals surface area contributed by atoms with Gasteiger partial charge in [-0.25, -0.2) is 9.78 Å². The van der Waals surface area contributed by atoms with Crippen molar-refractivity contribution in [2.24, 2.45) is 0 Å². The van der Waals surface area contributed by atoms with Crippen molar-refractivity contribution < 1.29 is 23.1 Å². The number of halogens is 3. The minimum atomic E-state index is -5.08. The molecule has 1 aliphatic carbocycles. The van der Waals surface area contributed by atoms with Crippen molar-refractivity contribution in [1.82, 2.24) is 15.0 Å².